The van der Waals surface area contributed by atoms with Gasteiger partial charge in [-0.25, -0.2) is 9.18 Å². The van der Waals surface area contributed by atoms with Crippen LogP contribution in [0, 0.1) is 5.82 Å². The van der Waals surface area contributed by atoms with Crippen LogP contribution in [0.3, 0.4) is 0 Å². The van der Waals surface area contributed by atoms with Gasteiger partial charge in [0.25, 0.3) is 5.91 Å². The molecule has 2 aromatic carbocycles. The van der Waals surface area contributed by atoms with Crippen molar-refractivity contribution in [3.63, 3.8) is 0 Å². The van der Waals surface area contributed by atoms with Gasteiger partial charge in [-0.2, -0.15) is 0 Å². The maximum atomic E-state index is 13.8. The normalized spacial score (nSPS) is 20.2. The fourth-order valence-corrected chi connectivity index (χ4v) is 2.76. The van der Waals surface area contributed by atoms with Crippen LogP contribution in [0.15, 0.2) is 48.5 Å². The second kappa shape index (κ2) is 5.96. The monoisotopic (exact) mass is 328 g/mol. The molecule has 1 N–H and O–H groups in total. The summed E-state index contributed by atoms with van der Waals surface area (Å²) in [6.07, 6.45) is 0. The predicted octanol–water partition coefficient (Wildman–Crippen LogP) is 2.80. The molecule has 1 unspecified atom stereocenters. The van der Waals surface area contributed by atoms with Gasteiger partial charge in [-0.05, 0) is 30.7 Å². The smallest absolute Gasteiger partial charge is 0.325 e. The second-order valence-corrected chi connectivity index (χ2v) is 5.77. The molecule has 1 heterocycles. The van der Waals surface area contributed by atoms with Crippen molar-refractivity contribution >= 4 is 11.9 Å². The molecule has 24 heavy (non-hydrogen) atoms. The van der Waals surface area contributed by atoms with Crippen LogP contribution in [0.5, 0.6) is 5.75 Å². The van der Waals surface area contributed by atoms with Gasteiger partial charge in [-0.3, -0.25) is 9.69 Å². The van der Waals surface area contributed by atoms with E-state index in [0.29, 0.717) is 16.9 Å². The van der Waals surface area contributed by atoms with Gasteiger partial charge in [-0.15, -0.1) is 0 Å². The van der Waals surface area contributed by atoms with Crippen molar-refractivity contribution in [2.24, 2.45) is 0 Å². The van der Waals surface area contributed by atoms with Crippen LogP contribution >= 0.6 is 0 Å². The molecule has 3 rings (SSSR count). The zero-order valence-electron chi connectivity index (χ0n) is 13.4. The molecule has 124 valence electrons. The number of nitrogens with zero attached hydrogens (tertiary/aromatic N) is 1. The van der Waals surface area contributed by atoms with E-state index in [-0.39, 0.29) is 6.54 Å². The largest absolute Gasteiger partial charge is 0.497 e. The maximum absolute atomic E-state index is 13.8. The van der Waals surface area contributed by atoms with Crippen LogP contribution in [0.25, 0.3) is 0 Å². The lowest BCUT2D eigenvalue weighted by atomic mass is 9.92. The van der Waals surface area contributed by atoms with E-state index >= 15 is 0 Å². The van der Waals surface area contributed by atoms with Crippen LogP contribution < -0.4 is 10.1 Å². The number of urea groups is 1. The molecule has 0 bridgehead atoms. The number of imide groups is 1. The summed E-state index contributed by atoms with van der Waals surface area (Å²) in [7, 11) is 1.55. The number of rotatable bonds is 4. The van der Waals surface area contributed by atoms with Crippen LogP contribution in [0.1, 0.15) is 18.1 Å². The minimum atomic E-state index is -1.19. The molecule has 1 fully saturated rings. The quantitative estimate of drug-likeness (QED) is 0.878. The minimum Gasteiger partial charge on any atom is -0.497 e. The summed E-state index contributed by atoms with van der Waals surface area (Å²) < 4.78 is 18.9. The number of carbonyl (C=O) groups is 2. The Morgan fingerprint density at radius 1 is 1.12 bits per heavy atom. The molecule has 2 aromatic rings. The summed E-state index contributed by atoms with van der Waals surface area (Å²) in [6, 6.07) is 12.4. The number of halogens is 1. The Labute approximate surface area is 139 Å². The summed E-state index contributed by atoms with van der Waals surface area (Å²) in [5.74, 6) is -0.209. The lowest BCUT2D eigenvalue weighted by Crippen LogP contribution is -2.40. The van der Waals surface area contributed by atoms with E-state index in [1.807, 2.05) is 0 Å². The highest BCUT2D eigenvalue weighted by Crippen LogP contribution is 2.31. The van der Waals surface area contributed by atoms with Crippen molar-refractivity contribution in [1.82, 2.24) is 10.2 Å². The van der Waals surface area contributed by atoms with Crippen molar-refractivity contribution in [3.05, 3.63) is 65.5 Å². The average molecular weight is 328 g/mol. The van der Waals surface area contributed by atoms with E-state index in [1.165, 1.54) is 6.07 Å². The van der Waals surface area contributed by atoms with E-state index in [1.54, 1.807) is 56.5 Å². The standard InChI is InChI=1S/C18H17FN2O3/c1-18(13-7-9-14(24-2)10-8-13)16(22)21(17(23)20-18)11-12-5-3-4-6-15(12)19/h3-10H,11H2,1-2H3,(H,20,23). The molecular formula is C18H17FN2O3. The molecule has 0 aliphatic carbocycles. The zero-order chi connectivity index (χ0) is 17.3. The van der Waals surface area contributed by atoms with Gasteiger partial charge in [0.2, 0.25) is 0 Å². The van der Waals surface area contributed by atoms with Gasteiger partial charge in [0, 0.05) is 5.56 Å². The van der Waals surface area contributed by atoms with Crippen LogP contribution in [-0.4, -0.2) is 23.9 Å². The minimum absolute atomic E-state index is 0.108. The molecule has 1 saturated heterocycles. The Morgan fingerprint density at radius 2 is 1.79 bits per heavy atom. The van der Waals surface area contributed by atoms with Crippen molar-refractivity contribution in [1.29, 1.82) is 0 Å². The van der Waals surface area contributed by atoms with Crippen LogP contribution in [0.4, 0.5) is 9.18 Å². The third kappa shape index (κ3) is 2.60. The lowest BCUT2D eigenvalue weighted by Gasteiger charge is -2.22. The molecule has 6 heteroatoms. The van der Waals surface area contributed by atoms with Crippen LogP contribution in [0.2, 0.25) is 0 Å². The highest BCUT2D eigenvalue weighted by atomic mass is 19.1. The summed E-state index contributed by atoms with van der Waals surface area (Å²) >= 11 is 0. The van der Waals surface area contributed by atoms with E-state index in [9.17, 15) is 14.0 Å². The van der Waals surface area contributed by atoms with Gasteiger partial charge in [0.15, 0.2) is 0 Å². The fourth-order valence-electron chi connectivity index (χ4n) is 2.76. The molecule has 1 aliphatic rings. The van der Waals surface area contributed by atoms with E-state index in [0.717, 1.165) is 4.90 Å². The third-order valence-electron chi connectivity index (χ3n) is 4.23. The summed E-state index contributed by atoms with van der Waals surface area (Å²) in [6.45, 7) is 1.53. The summed E-state index contributed by atoms with van der Waals surface area (Å²) in [5, 5.41) is 2.70. The first-order valence-corrected chi connectivity index (χ1v) is 7.48. The lowest BCUT2D eigenvalue weighted by molar-refractivity contribution is -0.131. The Balaban J connectivity index is 1.88. The number of methoxy groups -OCH3 is 1. The molecule has 0 aromatic heterocycles. The Kier molecular flexibility index (Phi) is 3.97. The third-order valence-corrected chi connectivity index (χ3v) is 4.23. The summed E-state index contributed by atoms with van der Waals surface area (Å²) in [5.41, 5.74) is -0.258. The van der Waals surface area contributed by atoms with Crippen molar-refractivity contribution in [2.45, 2.75) is 19.0 Å². The number of nitrogens with one attached hydrogen (secondary N) is 1. The number of ether oxygens (including phenoxy) is 1. The van der Waals surface area contributed by atoms with Gasteiger partial charge in [-0.1, -0.05) is 30.3 Å². The van der Waals surface area contributed by atoms with Crippen LogP contribution in [-0.2, 0) is 16.9 Å². The highest BCUT2D eigenvalue weighted by Gasteiger charge is 2.49. The molecule has 3 amide bonds. The molecule has 5 nitrogen and oxygen atoms in total. The molecule has 0 spiro atoms. The van der Waals surface area contributed by atoms with Crippen molar-refractivity contribution in [3.8, 4) is 5.75 Å². The average Bonchev–Trinajstić information content (AvgIpc) is 2.81. The molecule has 0 saturated carbocycles. The Morgan fingerprint density at radius 3 is 2.42 bits per heavy atom. The van der Waals surface area contributed by atoms with Gasteiger partial charge in [0.05, 0.1) is 13.7 Å². The first-order valence-electron chi connectivity index (χ1n) is 7.48. The van der Waals surface area contributed by atoms with E-state index < -0.39 is 23.3 Å². The number of amides is 3. The number of hydrogen-bond donors (Lipinski definition) is 1. The van der Waals surface area contributed by atoms with Crippen molar-refractivity contribution < 1.29 is 18.7 Å². The maximum Gasteiger partial charge on any atom is 0.325 e. The van der Waals surface area contributed by atoms with Gasteiger partial charge >= 0.3 is 6.03 Å². The summed E-state index contributed by atoms with van der Waals surface area (Å²) in [4.78, 5) is 26.1. The van der Waals surface area contributed by atoms with E-state index in [4.69, 9.17) is 4.74 Å². The van der Waals surface area contributed by atoms with Gasteiger partial charge < -0.3 is 10.1 Å². The van der Waals surface area contributed by atoms with Gasteiger partial charge in [0.1, 0.15) is 17.1 Å². The second-order valence-electron chi connectivity index (χ2n) is 5.77. The molecule has 1 atom stereocenters. The molecular weight excluding hydrogens is 311 g/mol. The predicted molar refractivity (Wildman–Crippen MR) is 85.8 cm³/mol. The van der Waals surface area contributed by atoms with E-state index in [2.05, 4.69) is 5.32 Å². The SMILES string of the molecule is COc1ccc(C2(C)NC(=O)N(Cc3ccccc3F)C2=O)cc1. The first kappa shape index (κ1) is 16.0. The molecule has 1 aliphatic heterocycles. The zero-order valence-corrected chi connectivity index (χ0v) is 13.4. The number of hydrogen-bond acceptors (Lipinski definition) is 3. The number of carbonyl (C=O) groups excluding carboxylic acids is 2. The fraction of sp³-hybridized carbons (Fsp3) is 0.222. The highest BCUT2D eigenvalue weighted by molar-refractivity contribution is 6.07. The van der Waals surface area contributed by atoms with Crippen molar-refractivity contribution in [2.75, 3.05) is 7.11 Å². The topological polar surface area (TPSA) is 58.6 Å². The first-order chi connectivity index (χ1) is 11.5. The molecule has 0 radical (unpaired) electrons. The Hall–Kier alpha value is -2.89. The Bertz CT molecular complexity index is 791. The number of benzene rings is 2.